The third kappa shape index (κ3) is 5.31. The maximum Gasteiger partial charge on any atom is 0.357 e. The number of rotatable bonds is 8. The van der Waals surface area contributed by atoms with Crippen molar-refractivity contribution in [3.8, 4) is 11.5 Å². The van der Waals surface area contributed by atoms with Crippen LogP contribution in [0.4, 0.5) is 16.0 Å². The number of pyridine rings is 1. The van der Waals surface area contributed by atoms with Gasteiger partial charge in [-0.1, -0.05) is 13.3 Å². The van der Waals surface area contributed by atoms with Gasteiger partial charge in [-0.25, -0.2) is 19.2 Å². The van der Waals surface area contributed by atoms with Crippen molar-refractivity contribution in [1.82, 2.24) is 14.5 Å². The first kappa shape index (κ1) is 22.7. The Hall–Kier alpha value is -3.46. The summed E-state index contributed by atoms with van der Waals surface area (Å²) >= 11 is 3.15. The van der Waals surface area contributed by atoms with Crippen LogP contribution in [0.3, 0.4) is 0 Å². The minimum atomic E-state index is -0.478. The summed E-state index contributed by atoms with van der Waals surface area (Å²) in [7, 11) is 1.87. The lowest BCUT2D eigenvalue weighted by molar-refractivity contribution is 0.0492. The molecule has 0 bridgehead atoms. The van der Waals surface area contributed by atoms with Gasteiger partial charge < -0.3 is 19.4 Å². The van der Waals surface area contributed by atoms with Gasteiger partial charge in [-0.05, 0) is 58.7 Å². The molecule has 0 saturated carbocycles. The average Bonchev–Trinajstić information content (AvgIpc) is 3.11. The highest BCUT2D eigenvalue weighted by molar-refractivity contribution is 9.10. The van der Waals surface area contributed by atoms with Crippen molar-refractivity contribution in [2.24, 2.45) is 7.05 Å². The number of carbonyl (C=O) groups is 1. The van der Waals surface area contributed by atoms with Gasteiger partial charge in [0.1, 0.15) is 17.3 Å². The number of unbranched alkanes of at least 4 members (excludes halogenated alkanes) is 1. The minimum Gasteiger partial charge on any atom is -0.461 e. The van der Waals surface area contributed by atoms with Gasteiger partial charge in [-0.3, -0.25) is 0 Å². The average molecular weight is 513 g/mol. The molecule has 2 aromatic heterocycles. The van der Waals surface area contributed by atoms with E-state index in [4.69, 9.17) is 9.47 Å². The van der Waals surface area contributed by atoms with E-state index >= 15 is 0 Å². The van der Waals surface area contributed by atoms with Gasteiger partial charge in [0.05, 0.1) is 22.1 Å². The number of imidazole rings is 1. The summed E-state index contributed by atoms with van der Waals surface area (Å²) in [4.78, 5) is 20.8. The van der Waals surface area contributed by atoms with Crippen LogP contribution in [-0.2, 0) is 11.8 Å². The van der Waals surface area contributed by atoms with Gasteiger partial charge in [-0.15, -0.1) is 0 Å². The third-order valence-electron chi connectivity index (χ3n) is 4.94. The Morgan fingerprint density at radius 2 is 1.97 bits per heavy atom. The molecular weight excluding hydrogens is 491 g/mol. The fraction of sp³-hybridized carbons (Fsp3) is 0.208. The SMILES string of the molecule is CCCCOC(=O)c1cc(Oc2ccc3c(c2)nc(Nc2ccc(Br)c(F)c2)n3C)ccn1. The standard InChI is InChI=1S/C24H22BrFN4O3/c1-3-4-11-32-23(31)21-14-17(9-10-27-21)33-16-6-8-22-20(13-16)29-24(30(22)2)28-15-5-7-18(25)19(26)12-15/h5-10,12-14H,3-4,11H2,1-2H3,(H,28,29). The monoisotopic (exact) mass is 512 g/mol. The molecule has 1 N–H and O–H groups in total. The summed E-state index contributed by atoms with van der Waals surface area (Å²) in [6.45, 7) is 2.39. The zero-order chi connectivity index (χ0) is 23.4. The van der Waals surface area contributed by atoms with Crippen LogP contribution < -0.4 is 10.1 Å². The van der Waals surface area contributed by atoms with Crippen molar-refractivity contribution < 1.29 is 18.7 Å². The summed E-state index contributed by atoms with van der Waals surface area (Å²) in [6.07, 6.45) is 3.25. The second-order valence-electron chi connectivity index (χ2n) is 7.37. The number of aromatic nitrogens is 3. The van der Waals surface area contributed by atoms with Gasteiger partial charge in [0, 0.05) is 31.1 Å². The van der Waals surface area contributed by atoms with Crippen LogP contribution in [0.1, 0.15) is 30.3 Å². The Morgan fingerprint density at radius 1 is 1.15 bits per heavy atom. The highest BCUT2D eigenvalue weighted by Crippen LogP contribution is 2.29. The highest BCUT2D eigenvalue weighted by atomic mass is 79.9. The number of hydrogen-bond acceptors (Lipinski definition) is 6. The van der Waals surface area contributed by atoms with Gasteiger partial charge >= 0.3 is 5.97 Å². The van der Waals surface area contributed by atoms with Crippen LogP contribution in [-0.4, -0.2) is 27.1 Å². The van der Waals surface area contributed by atoms with Gasteiger partial charge in [-0.2, -0.15) is 0 Å². The minimum absolute atomic E-state index is 0.190. The van der Waals surface area contributed by atoms with Crippen LogP contribution in [0.25, 0.3) is 11.0 Å². The predicted octanol–water partition coefficient (Wildman–Crippen LogP) is 6.36. The van der Waals surface area contributed by atoms with Crippen LogP contribution in [0.2, 0.25) is 0 Å². The summed E-state index contributed by atoms with van der Waals surface area (Å²) in [5.41, 5.74) is 2.34. The van der Waals surface area contributed by atoms with E-state index < -0.39 is 5.97 Å². The molecule has 0 aliphatic heterocycles. The number of halogens is 2. The molecular formula is C24H22BrFN4O3. The number of nitrogens with zero attached hydrogens (tertiary/aromatic N) is 3. The molecule has 4 rings (SSSR count). The number of esters is 1. The molecule has 4 aromatic rings. The number of carbonyl (C=O) groups excluding carboxylic acids is 1. The molecule has 9 heteroatoms. The van der Waals surface area contributed by atoms with Crippen molar-refractivity contribution >= 4 is 44.6 Å². The van der Waals surface area contributed by atoms with E-state index in [1.807, 2.05) is 30.7 Å². The maximum atomic E-state index is 13.8. The fourth-order valence-corrected chi connectivity index (χ4v) is 3.41. The number of aryl methyl sites for hydroxylation is 1. The van der Waals surface area contributed by atoms with Crippen molar-refractivity contribution in [2.45, 2.75) is 19.8 Å². The van der Waals surface area contributed by atoms with E-state index in [2.05, 4.69) is 31.2 Å². The summed E-state index contributed by atoms with van der Waals surface area (Å²) in [5, 5.41) is 3.13. The van der Waals surface area contributed by atoms with Crippen molar-refractivity contribution in [3.05, 3.63) is 70.7 Å². The van der Waals surface area contributed by atoms with Crippen LogP contribution in [0.15, 0.2) is 59.2 Å². The number of anilines is 2. The Morgan fingerprint density at radius 3 is 2.76 bits per heavy atom. The topological polar surface area (TPSA) is 78.3 Å². The Balaban J connectivity index is 1.52. The lowest BCUT2D eigenvalue weighted by Crippen LogP contribution is -2.08. The van der Waals surface area contributed by atoms with E-state index in [-0.39, 0.29) is 11.5 Å². The zero-order valence-corrected chi connectivity index (χ0v) is 19.7. The maximum absolute atomic E-state index is 13.8. The molecule has 0 spiro atoms. The van der Waals surface area contributed by atoms with E-state index in [0.717, 1.165) is 18.4 Å². The van der Waals surface area contributed by atoms with Crippen molar-refractivity contribution in [3.63, 3.8) is 0 Å². The molecule has 2 heterocycles. The van der Waals surface area contributed by atoms with Gasteiger partial charge in [0.2, 0.25) is 5.95 Å². The molecule has 0 atom stereocenters. The van der Waals surface area contributed by atoms with E-state index in [9.17, 15) is 9.18 Å². The Kier molecular flexibility index (Phi) is 6.88. The molecule has 0 saturated heterocycles. The fourth-order valence-electron chi connectivity index (χ4n) is 3.16. The summed E-state index contributed by atoms with van der Waals surface area (Å²) in [5.74, 6) is 0.740. The van der Waals surface area contributed by atoms with Crippen LogP contribution in [0, 0.1) is 5.82 Å². The third-order valence-corrected chi connectivity index (χ3v) is 5.58. The summed E-state index contributed by atoms with van der Waals surface area (Å²) in [6, 6.07) is 13.5. The number of benzene rings is 2. The van der Waals surface area contributed by atoms with E-state index in [1.54, 1.807) is 30.3 Å². The Labute approximate surface area is 198 Å². The van der Waals surface area contributed by atoms with Crippen molar-refractivity contribution in [1.29, 1.82) is 0 Å². The lowest BCUT2D eigenvalue weighted by Gasteiger charge is -2.08. The van der Waals surface area contributed by atoms with Crippen LogP contribution >= 0.6 is 15.9 Å². The zero-order valence-electron chi connectivity index (χ0n) is 18.1. The molecule has 0 radical (unpaired) electrons. The van der Waals surface area contributed by atoms with Crippen molar-refractivity contribution in [2.75, 3.05) is 11.9 Å². The molecule has 0 amide bonds. The van der Waals surface area contributed by atoms with E-state index in [0.29, 0.717) is 39.7 Å². The molecule has 33 heavy (non-hydrogen) atoms. The van der Waals surface area contributed by atoms with Crippen LogP contribution in [0.5, 0.6) is 11.5 Å². The number of fused-ring (bicyclic) bond motifs is 1. The quantitative estimate of drug-likeness (QED) is 0.218. The predicted molar refractivity (Wildman–Crippen MR) is 128 cm³/mol. The van der Waals surface area contributed by atoms with E-state index in [1.165, 1.54) is 12.3 Å². The first-order chi connectivity index (χ1) is 15.9. The Bertz CT molecular complexity index is 1310. The molecule has 0 fully saturated rings. The van der Waals surface area contributed by atoms with Gasteiger partial charge in [0.15, 0.2) is 5.69 Å². The lowest BCUT2D eigenvalue weighted by atomic mass is 10.3. The second kappa shape index (κ2) is 9.99. The summed E-state index contributed by atoms with van der Waals surface area (Å²) < 4.78 is 27.2. The first-order valence-corrected chi connectivity index (χ1v) is 11.2. The second-order valence-corrected chi connectivity index (χ2v) is 8.22. The highest BCUT2D eigenvalue weighted by Gasteiger charge is 2.13. The molecule has 7 nitrogen and oxygen atoms in total. The molecule has 0 aliphatic rings. The number of hydrogen-bond donors (Lipinski definition) is 1. The largest absolute Gasteiger partial charge is 0.461 e. The molecule has 170 valence electrons. The first-order valence-electron chi connectivity index (χ1n) is 10.4. The van der Waals surface area contributed by atoms with Gasteiger partial charge in [0.25, 0.3) is 0 Å². The normalized spacial score (nSPS) is 10.9. The molecule has 0 unspecified atom stereocenters. The smallest absolute Gasteiger partial charge is 0.357 e. The number of nitrogens with one attached hydrogen (secondary N) is 1. The number of ether oxygens (including phenoxy) is 2. The molecule has 2 aromatic carbocycles. The molecule has 0 aliphatic carbocycles.